The lowest BCUT2D eigenvalue weighted by molar-refractivity contribution is -0.126. The molecule has 4 rings (SSSR count). The lowest BCUT2D eigenvalue weighted by atomic mass is 10.1. The molecule has 2 aromatic carbocycles. The number of thioether (sulfide) groups is 1. The molecule has 1 aromatic heterocycles. The van der Waals surface area contributed by atoms with E-state index in [9.17, 15) is 9.59 Å². The molecule has 0 radical (unpaired) electrons. The second kappa shape index (κ2) is 8.23. The highest BCUT2D eigenvalue weighted by Crippen LogP contribution is 2.33. The monoisotopic (exact) mass is 459 g/mol. The molecular weight excluding hydrogens is 446 g/mol. The number of nitrogens with one attached hydrogen (secondary N) is 1. The summed E-state index contributed by atoms with van der Waals surface area (Å²) in [5.41, 5.74) is 2.80. The number of thiocarbonyl (C=S) groups is 1. The first-order valence-corrected chi connectivity index (χ1v) is 11.0. The fourth-order valence-corrected chi connectivity index (χ4v) is 5.12. The van der Waals surface area contributed by atoms with Crippen molar-refractivity contribution in [1.29, 1.82) is 0 Å². The number of benzene rings is 2. The van der Waals surface area contributed by atoms with Gasteiger partial charge in [0.25, 0.3) is 5.91 Å². The van der Waals surface area contributed by atoms with E-state index in [0.29, 0.717) is 19.4 Å². The third-order valence-corrected chi connectivity index (χ3v) is 6.69. The van der Waals surface area contributed by atoms with Crippen molar-refractivity contribution in [3.05, 3.63) is 63.5 Å². The number of amides is 2. The summed E-state index contributed by atoms with van der Waals surface area (Å²) in [6, 6.07) is 13.2. The molecule has 0 spiro atoms. The quantitative estimate of drug-likeness (QED) is 0.434. The molecule has 9 heteroatoms. The van der Waals surface area contributed by atoms with Crippen molar-refractivity contribution in [3.63, 3.8) is 0 Å². The minimum atomic E-state index is -0.358. The van der Waals surface area contributed by atoms with E-state index < -0.39 is 0 Å². The number of rotatable bonds is 4. The lowest BCUT2D eigenvalue weighted by Gasteiger charge is -2.13. The highest BCUT2D eigenvalue weighted by atomic mass is 35.5. The van der Waals surface area contributed by atoms with Crippen molar-refractivity contribution >= 4 is 84.5 Å². The van der Waals surface area contributed by atoms with Gasteiger partial charge in [0.05, 0.1) is 15.1 Å². The molecule has 0 unspecified atom stereocenters. The molecule has 146 valence electrons. The van der Waals surface area contributed by atoms with Crippen LogP contribution in [0.2, 0.25) is 5.02 Å². The van der Waals surface area contributed by atoms with Gasteiger partial charge in [-0.15, -0.1) is 0 Å². The molecule has 0 bridgehead atoms. The molecule has 0 saturated carbocycles. The number of hydrogen-bond donors (Lipinski definition) is 1. The van der Waals surface area contributed by atoms with Crippen LogP contribution >= 0.6 is 46.9 Å². The van der Waals surface area contributed by atoms with Gasteiger partial charge in [0.2, 0.25) is 5.91 Å². The zero-order chi connectivity index (χ0) is 20.5. The van der Waals surface area contributed by atoms with Crippen LogP contribution in [0.4, 0.5) is 5.13 Å². The fourth-order valence-electron chi connectivity index (χ4n) is 2.70. The summed E-state index contributed by atoms with van der Waals surface area (Å²) >= 11 is 13.8. The molecule has 2 amide bonds. The fraction of sp³-hybridized carbons (Fsp3) is 0.100. The number of anilines is 1. The maximum atomic E-state index is 12.7. The molecule has 0 aliphatic carbocycles. The Hall–Kier alpha value is -2.26. The SMILES string of the molecule is Cc1ccc(/C=C2\SC(=S)N(CC(=O)Nc3nc4ccc(Cl)cc4s3)C2=O)cc1. The van der Waals surface area contributed by atoms with Gasteiger partial charge in [0.15, 0.2) is 5.13 Å². The summed E-state index contributed by atoms with van der Waals surface area (Å²) in [4.78, 5) is 31.3. The average Bonchev–Trinajstić information content (AvgIpc) is 3.18. The number of fused-ring (bicyclic) bond motifs is 1. The van der Waals surface area contributed by atoms with E-state index in [1.165, 1.54) is 28.0 Å². The molecule has 5 nitrogen and oxygen atoms in total. The second-order valence-corrected chi connectivity index (χ2v) is 9.50. The number of carbonyl (C=O) groups excluding carboxylic acids is 2. The molecule has 3 aromatic rings. The standard InChI is InChI=1S/C20H14ClN3O2S3/c1-11-2-4-12(5-3-11)8-16-18(26)24(20(27)29-16)10-17(25)23-19-22-14-7-6-13(21)9-15(14)28-19/h2-9H,10H2,1H3,(H,22,23,25)/b16-8-. The van der Waals surface area contributed by atoms with Crippen molar-refractivity contribution in [1.82, 2.24) is 9.88 Å². The smallest absolute Gasteiger partial charge is 0.266 e. The van der Waals surface area contributed by atoms with Gasteiger partial charge < -0.3 is 5.32 Å². The first-order valence-electron chi connectivity index (χ1n) is 8.57. The van der Waals surface area contributed by atoms with Gasteiger partial charge in [-0.1, -0.05) is 76.7 Å². The van der Waals surface area contributed by atoms with E-state index in [0.717, 1.165) is 21.3 Å². The first kappa shape index (κ1) is 20.0. The van der Waals surface area contributed by atoms with E-state index in [4.69, 9.17) is 23.8 Å². The van der Waals surface area contributed by atoms with Crippen LogP contribution in [-0.2, 0) is 9.59 Å². The Bertz CT molecular complexity index is 1170. The topological polar surface area (TPSA) is 62.3 Å². The maximum absolute atomic E-state index is 12.7. The van der Waals surface area contributed by atoms with Crippen LogP contribution in [0.1, 0.15) is 11.1 Å². The summed E-state index contributed by atoms with van der Waals surface area (Å²) in [6.45, 7) is 1.84. The predicted octanol–water partition coefficient (Wildman–Crippen LogP) is 5.10. The van der Waals surface area contributed by atoms with Crippen molar-refractivity contribution in [2.45, 2.75) is 6.92 Å². The third kappa shape index (κ3) is 4.51. The molecule has 2 heterocycles. The largest absolute Gasteiger partial charge is 0.300 e. The molecule has 1 aliphatic rings. The minimum Gasteiger partial charge on any atom is -0.300 e. The van der Waals surface area contributed by atoms with Crippen LogP contribution in [0.25, 0.3) is 16.3 Å². The molecule has 1 aliphatic heterocycles. The van der Waals surface area contributed by atoms with Crippen LogP contribution in [0.3, 0.4) is 0 Å². The summed E-state index contributed by atoms with van der Waals surface area (Å²) in [5.74, 6) is -0.630. The van der Waals surface area contributed by atoms with Gasteiger partial charge in [0, 0.05) is 5.02 Å². The van der Waals surface area contributed by atoms with Crippen LogP contribution in [0, 0.1) is 6.92 Å². The molecule has 1 saturated heterocycles. The first-order chi connectivity index (χ1) is 13.9. The number of aryl methyl sites for hydroxylation is 1. The predicted molar refractivity (Wildman–Crippen MR) is 124 cm³/mol. The Morgan fingerprint density at radius 2 is 2.03 bits per heavy atom. The highest BCUT2D eigenvalue weighted by Gasteiger charge is 2.33. The number of thiazole rings is 1. The normalized spacial score (nSPS) is 15.5. The van der Waals surface area contributed by atoms with Gasteiger partial charge in [-0.2, -0.15) is 0 Å². The van der Waals surface area contributed by atoms with E-state index in [1.807, 2.05) is 31.2 Å². The average molecular weight is 460 g/mol. The summed E-state index contributed by atoms with van der Waals surface area (Å²) in [7, 11) is 0. The summed E-state index contributed by atoms with van der Waals surface area (Å²) in [5, 5.41) is 3.79. The van der Waals surface area contributed by atoms with Gasteiger partial charge >= 0.3 is 0 Å². The number of carbonyl (C=O) groups is 2. The summed E-state index contributed by atoms with van der Waals surface area (Å²) in [6.07, 6.45) is 1.79. The number of aromatic nitrogens is 1. The number of hydrogen-bond acceptors (Lipinski definition) is 6. The molecule has 1 N–H and O–H groups in total. The molecule has 1 fully saturated rings. The molecule has 29 heavy (non-hydrogen) atoms. The minimum absolute atomic E-state index is 0.160. The van der Waals surface area contributed by atoms with Gasteiger partial charge in [-0.05, 0) is 36.8 Å². The Labute approximate surface area is 185 Å². The van der Waals surface area contributed by atoms with Crippen molar-refractivity contribution in [2.75, 3.05) is 11.9 Å². The van der Waals surface area contributed by atoms with E-state index in [1.54, 1.807) is 24.3 Å². The van der Waals surface area contributed by atoms with E-state index in [2.05, 4.69) is 10.3 Å². The van der Waals surface area contributed by atoms with Crippen molar-refractivity contribution < 1.29 is 9.59 Å². The van der Waals surface area contributed by atoms with Crippen LogP contribution in [0.5, 0.6) is 0 Å². The van der Waals surface area contributed by atoms with Crippen LogP contribution in [-0.4, -0.2) is 32.6 Å². The van der Waals surface area contributed by atoms with Gasteiger partial charge in [-0.25, -0.2) is 4.98 Å². The zero-order valence-corrected chi connectivity index (χ0v) is 18.3. The van der Waals surface area contributed by atoms with E-state index >= 15 is 0 Å². The number of nitrogens with zero attached hydrogens (tertiary/aromatic N) is 2. The Morgan fingerprint density at radius 1 is 1.28 bits per heavy atom. The Morgan fingerprint density at radius 3 is 2.79 bits per heavy atom. The van der Waals surface area contributed by atoms with Gasteiger partial charge in [0.1, 0.15) is 10.9 Å². The van der Waals surface area contributed by atoms with E-state index in [-0.39, 0.29) is 18.4 Å². The van der Waals surface area contributed by atoms with Crippen LogP contribution < -0.4 is 5.32 Å². The Kier molecular flexibility index (Phi) is 5.69. The zero-order valence-electron chi connectivity index (χ0n) is 15.1. The van der Waals surface area contributed by atoms with Crippen molar-refractivity contribution in [3.8, 4) is 0 Å². The van der Waals surface area contributed by atoms with Crippen molar-refractivity contribution in [2.24, 2.45) is 0 Å². The number of halogens is 1. The highest BCUT2D eigenvalue weighted by molar-refractivity contribution is 8.26. The maximum Gasteiger partial charge on any atom is 0.266 e. The van der Waals surface area contributed by atoms with Gasteiger partial charge in [-0.3, -0.25) is 14.5 Å². The summed E-state index contributed by atoms with van der Waals surface area (Å²) < 4.78 is 1.24. The Balaban J connectivity index is 1.45. The molecular formula is C20H14ClN3O2S3. The lowest BCUT2D eigenvalue weighted by Crippen LogP contribution is -2.36. The van der Waals surface area contributed by atoms with Crippen LogP contribution in [0.15, 0.2) is 47.4 Å². The second-order valence-electron chi connectivity index (χ2n) is 6.36. The third-order valence-electron chi connectivity index (χ3n) is 4.15. The molecule has 0 atom stereocenters.